The van der Waals surface area contributed by atoms with Gasteiger partial charge in [0.25, 0.3) is 6.43 Å². The molecule has 0 unspecified atom stereocenters. The van der Waals surface area contributed by atoms with Crippen LogP contribution in [0.4, 0.5) is 13.2 Å². The van der Waals surface area contributed by atoms with E-state index in [9.17, 15) is 18.0 Å². The van der Waals surface area contributed by atoms with Crippen molar-refractivity contribution < 1.29 is 22.7 Å². The Kier molecular flexibility index (Phi) is 4.66. The number of halogens is 3. The lowest BCUT2D eigenvalue weighted by Gasteiger charge is -2.09. The second-order valence-electron chi connectivity index (χ2n) is 3.24. The predicted molar refractivity (Wildman–Crippen MR) is 54.2 cm³/mol. The minimum Gasteiger partial charge on any atom is -0.466 e. The molecule has 96 valence electrons. The van der Waals surface area contributed by atoms with E-state index in [-0.39, 0.29) is 6.61 Å². The van der Waals surface area contributed by atoms with Gasteiger partial charge in [-0.25, -0.2) is 13.2 Å². The molecule has 0 atom stereocenters. The molecule has 0 amide bonds. The van der Waals surface area contributed by atoms with Gasteiger partial charge in [-0.2, -0.15) is 5.26 Å². The summed E-state index contributed by atoms with van der Waals surface area (Å²) in [5.74, 6) is -1.86. The van der Waals surface area contributed by atoms with E-state index in [2.05, 4.69) is 9.72 Å². The van der Waals surface area contributed by atoms with E-state index in [1.165, 1.54) is 6.07 Å². The summed E-state index contributed by atoms with van der Waals surface area (Å²) in [6.45, 7) is 1.61. The number of rotatable bonds is 4. The van der Waals surface area contributed by atoms with E-state index in [1.54, 1.807) is 6.92 Å². The van der Waals surface area contributed by atoms with Gasteiger partial charge in [0.2, 0.25) is 0 Å². The first kappa shape index (κ1) is 14.0. The fourth-order valence-electron chi connectivity index (χ4n) is 1.39. The fourth-order valence-corrected chi connectivity index (χ4v) is 1.39. The zero-order valence-electron chi connectivity index (χ0n) is 9.41. The number of hydrogen-bond donors (Lipinski definition) is 0. The fraction of sp³-hybridized carbons (Fsp3) is 0.364. The van der Waals surface area contributed by atoms with Crippen molar-refractivity contribution in [2.45, 2.75) is 19.8 Å². The maximum atomic E-state index is 13.2. The van der Waals surface area contributed by atoms with Crippen LogP contribution < -0.4 is 0 Å². The Balaban J connectivity index is 3.24. The average Bonchev–Trinajstić information content (AvgIpc) is 2.29. The lowest BCUT2D eigenvalue weighted by Crippen LogP contribution is -2.13. The Morgan fingerprint density at radius 1 is 1.61 bits per heavy atom. The van der Waals surface area contributed by atoms with Crippen LogP contribution in [-0.4, -0.2) is 17.6 Å². The highest BCUT2D eigenvalue weighted by atomic mass is 19.3. The van der Waals surface area contributed by atoms with Crippen molar-refractivity contribution in [2.75, 3.05) is 6.61 Å². The summed E-state index contributed by atoms with van der Waals surface area (Å²) in [5.41, 5.74) is -1.81. The lowest BCUT2D eigenvalue weighted by molar-refractivity contribution is -0.142. The second kappa shape index (κ2) is 6.00. The van der Waals surface area contributed by atoms with E-state index in [0.29, 0.717) is 6.20 Å². The summed E-state index contributed by atoms with van der Waals surface area (Å²) in [5, 5.41) is 8.73. The van der Waals surface area contributed by atoms with E-state index in [0.717, 1.165) is 0 Å². The number of alkyl halides is 2. The first-order valence-electron chi connectivity index (χ1n) is 5.02. The molecule has 0 saturated heterocycles. The van der Waals surface area contributed by atoms with Crippen LogP contribution in [0.3, 0.4) is 0 Å². The number of pyridine rings is 1. The van der Waals surface area contributed by atoms with Crippen molar-refractivity contribution in [1.82, 2.24) is 4.98 Å². The summed E-state index contributed by atoms with van der Waals surface area (Å²) in [6, 6.07) is 1.45. The third kappa shape index (κ3) is 2.97. The Morgan fingerprint density at radius 2 is 2.28 bits per heavy atom. The highest BCUT2D eigenvalue weighted by molar-refractivity contribution is 5.74. The van der Waals surface area contributed by atoms with Crippen LogP contribution in [-0.2, 0) is 16.0 Å². The normalized spacial score (nSPS) is 10.2. The van der Waals surface area contributed by atoms with E-state index in [4.69, 9.17) is 5.26 Å². The van der Waals surface area contributed by atoms with Crippen molar-refractivity contribution in [1.29, 1.82) is 5.26 Å². The molecular formula is C11H9F3N2O2. The number of carbonyl (C=O) groups is 1. The first-order chi connectivity index (χ1) is 8.51. The van der Waals surface area contributed by atoms with Gasteiger partial charge in [0.1, 0.15) is 11.8 Å². The molecule has 0 bridgehead atoms. The van der Waals surface area contributed by atoms with Gasteiger partial charge in [-0.15, -0.1) is 0 Å². The van der Waals surface area contributed by atoms with Gasteiger partial charge in [0.05, 0.1) is 24.8 Å². The predicted octanol–water partition coefficient (Wildman–Crippen LogP) is 2.14. The molecule has 0 N–H and O–H groups in total. The Bertz CT molecular complexity index is 498. The second-order valence-corrected chi connectivity index (χ2v) is 3.24. The quantitative estimate of drug-likeness (QED) is 0.776. The summed E-state index contributed by atoms with van der Waals surface area (Å²) < 4.78 is 43.2. The van der Waals surface area contributed by atoms with Crippen LogP contribution in [0.2, 0.25) is 0 Å². The number of aromatic nitrogens is 1. The van der Waals surface area contributed by atoms with Crippen LogP contribution in [0.15, 0.2) is 6.20 Å². The Morgan fingerprint density at radius 3 is 2.78 bits per heavy atom. The van der Waals surface area contributed by atoms with Gasteiger partial charge < -0.3 is 4.74 Å². The zero-order chi connectivity index (χ0) is 13.7. The smallest absolute Gasteiger partial charge is 0.310 e. The highest BCUT2D eigenvalue weighted by Crippen LogP contribution is 2.25. The molecule has 1 heterocycles. The van der Waals surface area contributed by atoms with Crippen molar-refractivity contribution in [3.8, 4) is 6.07 Å². The van der Waals surface area contributed by atoms with Crippen LogP contribution in [0.25, 0.3) is 0 Å². The molecule has 0 spiro atoms. The molecule has 0 aliphatic carbocycles. The van der Waals surface area contributed by atoms with Gasteiger partial charge in [0.15, 0.2) is 5.82 Å². The van der Waals surface area contributed by atoms with Crippen LogP contribution >= 0.6 is 0 Å². The molecule has 1 rings (SSSR count). The molecule has 0 saturated carbocycles. The standard InChI is InChI=1S/C11H9F3N2O2/c1-2-18-9(17)3-6-7(4-15)8(12)5-16-10(6)11(13)14/h5,11H,2-3H2,1H3. The number of nitriles is 1. The van der Waals surface area contributed by atoms with Crippen LogP contribution in [0.5, 0.6) is 0 Å². The summed E-state index contributed by atoms with van der Waals surface area (Å²) in [7, 11) is 0. The SMILES string of the molecule is CCOC(=O)Cc1c(C(F)F)ncc(F)c1C#N. The molecule has 0 aliphatic rings. The van der Waals surface area contributed by atoms with Gasteiger partial charge in [-0.1, -0.05) is 0 Å². The van der Waals surface area contributed by atoms with Gasteiger partial charge >= 0.3 is 5.97 Å². The topological polar surface area (TPSA) is 63.0 Å². The highest BCUT2D eigenvalue weighted by Gasteiger charge is 2.23. The third-order valence-electron chi connectivity index (χ3n) is 2.11. The lowest BCUT2D eigenvalue weighted by atomic mass is 10.0. The van der Waals surface area contributed by atoms with Crippen molar-refractivity contribution in [3.63, 3.8) is 0 Å². The maximum Gasteiger partial charge on any atom is 0.310 e. The molecule has 4 nitrogen and oxygen atoms in total. The van der Waals surface area contributed by atoms with E-state index >= 15 is 0 Å². The van der Waals surface area contributed by atoms with Crippen molar-refractivity contribution in [2.24, 2.45) is 0 Å². The van der Waals surface area contributed by atoms with Crippen molar-refractivity contribution >= 4 is 5.97 Å². The van der Waals surface area contributed by atoms with Crippen LogP contribution in [0.1, 0.15) is 30.2 Å². The Hall–Kier alpha value is -2.10. The van der Waals surface area contributed by atoms with Gasteiger partial charge in [-0.3, -0.25) is 9.78 Å². The monoisotopic (exact) mass is 258 g/mol. The van der Waals surface area contributed by atoms with Crippen LogP contribution in [0, 0.1) is 17.1 Å². The van der Waals surface area contributed by atoms with Gasteiger partial charge in [0, 0.05) is 5.56 Å². The maximum absolute atomic E-state index is 13.2. The Labute approximate surface area is 101 Å². The molecule has 0 aliphatic heterocycles. The third-order valence-corrected chi connectivity index (χ3v) is 2.11. The molecule has 18 heavy (non-hydrogen) atoms. The molecule has 1 aromatic rings. The minimum atomic E-state index is -3.00. The minimum absolute atomic E-state index is 0.0630. The first-order valence-corrected chi connectivity index (χ1v) is 5.02. The molecule has 1 aromatic heterocycles. The molecule has 0 aromatic carbocycles. The summed E-state index contributed by atoms with van der Waals surface area (Å²) in [6.07, 6.45) is -3.07. The number of esters is 1. The van der Waals surface area contributed by atoms with Crippen molar-refractivity contribution in [3.05, 3.63) is 28.8 Å². The summed E-state index contributed by atoms with van der Waals surface area (Å²) in [4.78, 5) is 14.5. The number of nitrogens with zero attached hydrogens (tertiary/aromatic N) is 2. The largest absolute Gasteiger partial charge is 0.466 e. The molecule has 0 radical (unpaired) electrons. The molecule has 0 fully saturated rings. The summed E-state index contributed by atoms with van der Waals surface area (Å²) >= 11 is 0. The van der Waals surface area contributed by atoms with E-state index < -0.39 is 41.5 Å². The van der Waals surface area contributed by atoms with Gasteiger partial charge in [-0.05, 0) is 6.92 Å². The molecular weight excluding hydrogens is 249 g/mol. The molecule has 7 heteroatoms. The average molecular weight is 258 g/mol. The number of hydrogen-bond acceptors (Lipinski definition) is 4. The number of ether oxygens (including phenoxy) is 1. The van der Waals surface area contributed by atoms with E-state index in [1.807, 2.05) is 0 Å². The number of carbonyl (C=O) groups excluding carboxylic acids is 1. The zero-order valence-corrected chi connectivity index (χ0v) is 9.41.